The second kappa shape index (κ2) is 8.46. The van der Waals surface area contributed by atoms with Crippen LogP contribution in [0.2, 0.25) is 5.02 Å². The lowest BCUT2D eigenvalue weighted by Crippen LogP contribution is -2.37. The van der Waals surface area contributed by atoms with Crippen molar-refractivity contribution in [3.05, 3.63) is 64.8 Å². The highest BCUT2D eigenvalue weighted by Gasteiger charge is 2.17. The number of hydrogen-bond donors (Lipinski definition) is 1. The van der Waals surface area contributed by atoms with Crippen molar-refractivity contribution in [3.63, 3.8) is 0 Å². The lowest BCUT2D eigenvalue weighted by molar-refractivity contribution is -0.111. The fourth-order valence-corrected chi connectivity index (χ4v) is 3.32. The van der Waals surface area contributed by atoms with E-state index in [1.807, 2.05) is 24.3 Å². The molecule has 0 spiro atoms. The van der Waals surface area contributed by atoms with E-state index < -0.39 is 0 Å². The van der Waals surface area contributed by atoms with Gasteiger partial charge in [0.25, 0.3) is 0 Å². The summed E-state index contributed by atoms with van der Waals surface area (Å²) in [6.45, 7) is 3.22. The van der Waals surface area contributed by atoms with Crippen molar-refractivity contribution in [2.45, 2.75) is 0 Å². The summed E-state index contributed by atoms with van der Waals surface area (Å²) < 4.78 is 11.1. The Bertz CT molecular complexity index is 936. The molecule has 0 aliphatic carbocycles. The van der Waals surface area contributed by atoms with Gasteiger partial charge in [-0.3, -0.25) is 4.79 Å². The first-order valence-corrected chi connectivity index (χ1v) is 9.46. The predicted molar refractivity (Wildman–Crippen MR) is 110 cm³/mol. The van der Waals surface area contributed by atoms with E-state index in [4.69, 9.17) is 21.1 Å². The molecular formula is C21H20ClN3O3. The standard InChI is InChI=1S/C21H20ClN3O3/c22-17-4-5-19-16(13-17)12-15(14-28-19)3-6-20(26)24-18-2-1-7-23-21(18)25-8-10-27-11-9-25/h1-7,12-13H,8-11,14H2,(H,24,26)/b6-3+. The van der Waals surface area contributed by atoms with Crippen LogP contribution in [-0.2, 0) is 9.53 Å². The van der Waals surface area contributed by atoms with E-state index in [1.54, 1.807) is 24.4 Å². The minimum Gasteiger partial charge on any atom is -0.488 e. The van der Waals surface area contributed by atoms with Gasteiger partial charge in [-0.05, 0) is 42.0 Å². The molecule has 2 aliphatic rings. The molecule has 0 atom stereocenters. The second-order valence-electron chi connectivity index (χ2n) is 6.49. The van der Waals surface area contributed by atoms with Crippen LogP contribution in [0.25, 0.3) is 6.08 Å². The lowest BCUT2D eigenvalue weighted by atomic mass is 10.1. The average molecular weight is 398 g/mol. The number of rotatable bonds is 4. The van der Waals surface area contributed by atoms with Crippen molar-refractivity contribution < 1.29 is 14.3 Å². The molecule has 0 radical (unpaired) electrons. The average Bonchev–Trinajstić information content (AvgIpc) is 2.73. The van der Waals surface area contributed by atoms with Gasteiger partial charge in [0, 0.05) is 35.9 Å². The second-order valence-corrected chi connectivity index (χ2v) is 6.92. The van der Waals surface area contributed by atoms with E-state index >= 15 is 0 Å². The fourth-order valence-electron chi connectivity index (χ4n) is 3.14. The molecule has 1 fully saturated rings. The van der Waals surface area contributed by atoms with Gasteiger partial charge in [0.1, 0.15) is 12.4 Å². The van der Waals surface area contributed by atoms with Gasteiger partial charge in [0.15, 0.2) is 5.82 Å². The van der Waals surface area contributed by atoms with Crippen molar-refractivity contribution in [1.82, 2.24) is 4.98 Å². The van der Waals surface area contributed by atoms with Crippen molar-refractivity contribution in [2.75, 3.05) is 43.1 Å². The molecule has 144 valence electrons. The normalized spacial score (nSPS) is 16.3. The number of hydrogen-bond acceptors (Lipinski definition) is 5. The number of carbonyl (C=O) groups is 1. The van der Waals surface area contributed by atoms with Gasteiger partial charge in [0.05, 0.1) is 18.9 Å². The summed E-state index contributed by atoms with van der Waals surface area (Å²) in [5.41, 5.74) is 2.48. The van der Waals surface area contributed by atoms with Gasteiger partial charge in [-0.2, -0.15) is 0 Å². The molecule has 3 heterocycles. The Morgan fingerprint density at radius 1 is 1.25 bits per heavy atom. The van der Waals surface area contributed by atoms with Gasteiger partial charge < -0.3 is 19.7 Å². The van der Waals surface area contributed by atoms with E-state index in [9.17, 15) is 4.79 Å². The van der Waals surface area contributed by atoms with Crippen LogP contribution in [0.5, 0.6) is 5.75 Å². The van der Waals surface area contributed by atoms with Crippen LogP contribution >= 0.6 is 11.6 Å². The molecule has 2 aliphatic heterocycles. The molecule has 1 aromatic heterocycles. The minimum atomic E-state index is -0.222. The summed E-state index contributed by atoms with van der Waals surface area (Å²) in [7, 11) is 0. The van der Waals surface area contributed by atoms with E-state index in [0.29, 0.717) is 30.5 Å². The van der Waals surface area contributed by atoms with Crippen LogP contribution in [0.1, 0.15) is 5.56 Å². The maximum Gasteiger partial charge on any atom is 0.248 e. The van der Waals surface area contributed by atoms with E-state index in [2.05, 4.69) is 15.2 Å². The summed E-state index contributed by atoms with van der Waals surface area (Å²) in [6, 6.07) is 9.14. The SMILES string of the molecule is O=C(/C=C/C1=Cc2cc(Cl)ccc2OC1)Nc1cccnc1N1CCOCC1. The number of pyridine rings is 1. The number of benzene rings is 1. The first-order valence-electron chi connectivity index (χ1n) is 9.09. The van der Waals surface area contributed by atoms with Crippen molar-refractivity contribution in [2.24, 2.45) is 0 Å². The summed E-state index contributed by atoms with van der Waals surface area (Å²) in [5, 5.41) is 3.56. The van der Waals surface area contributed by atoms with Crippen molar-refractivity contribution in [3.8, 4) is 5.75 Å². The molecule has 1 saturated heterocycles. The molecule has 0 saturated carbocycles. The van der Waals surface area contributed by atoms with Gasteiger partial charge in [-0.1, -0.05) is 17.7 Å². The summed E-state index contributed by atoms with van der Waals surface area (Å²) in [4.78, 5) is 19.0. The molecule has 2 aromatic rings. The predicted octanol–water partition coefficient (Wildman–Crippen LogP) is 3.54. The lowest BCUT2D eigenvalue weighted by Gasteiger charge is -2.29. The number of amides is 1. The third-order valence-corrected chi connectivity index (χ3v) is 4.75. The van der Waals surface area contributed by atoms with Crippen molar-refractivity contribution in [1.29, 1.82) is 0 Å². The molecule has 4 rings (SSSR count). The monoisotopic (exact) mass is 397 g/mol. The van der Waals surface area contributed by atoms with Gasteiger partial charge in [-0.15, -0.1) is 0 Å². The van der Waals surface area contributed by atoms with Crippen LogP contribution in [-0.4, -0.2) is 43.8 Å². The number of anilines is 2. The van der Waals surface area contributed by atoms with Crippen LogP contribution in [0.15, 0.2) is 54.3 Å². The largest absolute Gasteiger partial charge is 0.488 e. The van der Waals surface area contributed by atoms with Crippen LogP contribution in [0.4, 0.5) is 11.5 Å². The van der Waals surface area contributed by atoms with Crippen LogP contribution in [0.3, 0.4) is 0 Å². The molecular weight excluding hydrogens is 378 g/mol. The Morgan fingerprint density at radius 3 is 2.96 bits per heavy atom. The van der Waals surface area contributed by atoms with Crippen LogP contribution in [0, 0.1) is 0 Å². The number of carbonyl (C=O) groups excluding carboxylic acids is 1. The first-order chi connectivity index (χ1) is 13.7. The number of fused-ring (bicyclic) bond motifs is 1. The molecule has 0 bridgehead atoms. The van der Waals surface area contributed by atoms with E-state index in [1.165, 1.54) is 6.08 Å². The summed E-state index contributed by atoms with van der Waals surface area (Å²) in [6.07, 6.45) is 6.95. The third kappa shape index (κ3) is 4.35. The van der Waals surface area contributed by atoms with Crippen molar-refractivity contribution >= 4 is 35.1 Å². The highest BCUT2D eigenvalue weighted by Crippen LogP contribution is 2.29. The Hall–Kier alpha value is -2.83. The molecule has 1 N–H and O–H groups in total. The number of nitrogens with zero attached hydrogens (tertiary/aromatic N) is 2. The number of morpholine rings is 1. The maximum atomic E-state index is 12.4. The first kappa shape index (κ1) is 18.5. The Morgan fingerprint density at radius 2 is 2.11 bits per heavy atom. The zero-order valence-electron chi connectivity index (χ0n) is 15.2. The molecule has 0 unspecified atom stereocenters. The zero-order valence-corrected chi connectivity index (χ0v) is 16.0. The van der Waals surface area contributed by atoms with Crippen LogP contribution < -0.4 is 15.0 Å². The Kier molecular flexibility index (Phi) is 5.60. The minimum absolute atomic E-state index is 0.222. The maximum absolute atomic E-state index is 12.4. The van der Waals surface area contributed by atoms with Gasteiger partial charge >= 0.3 is 0 Å². The summed E-state index contributed by atoms with van der Waals surface area (Å²) >= 11 is 6.04. The zero-order chi connectivity index (χ0) is 19.3. The Labute approximate surface area is 168 Å². The van der Waals surface area contributed by atoms with Gasteiger partial charge in [-0.25, -0.2) is 4.98 Å². The number of ether oxygens (including phenoxy) is 2. The highest BCUT2D eigenvalue weighted by atomic mass is 35.5. The number of aromatic nitrogens is 1. The fraction of sp³-hybridized carbons (Fsp3) is 0.238. The molecule has 1 amide bonds. The molecule has 28 heavy (non-hydrogen) atoms. The molecule has 6 nitrogen and oxygen atoms in total. The quantitative estimate of drug-likeness (QED) is 0.799. The molecule has 1 aromatic carbocycles. The topological polar surface area (TPSA) is 63.7 Å². The smallest absolute Gasteiger partial charge is 0.248 e. The number of halogens is 1. The summed E-state index contributed by atoms with van der Waals surface area (Å²) in [5.74, 6) is 1.33. The molecule has 7 heteroatoms. The highest BCUT2D eigenvalue weighted by molar-refractivity contribution is 6.30. The Balaban J connectivity index is 1.45. The third-order valence-electron chi connectivity index (χ3n) is 4.51. The van der Waals surface area contributed by atoms with E-state index in [-0.39, 0.29) is 5.91 Å². The van der Waals surface area contributed by atoms with Gasteiger partial charge in [0.2, 0.25) is 5.91 Å². The number of nitrogens with one attached hydrogen (secondary N) is 1. The van der Waals surface area contributed by atoms with E-state index in [0.717, 1.165) is 35.8 Å².